The third kappa shape index (κ3) is 2.97. The van der Waals surface area contributed by atoms with Crippen LogP contribution in [0.15, 0.2) is 29.2 Å². The number of rotatable bonds is 4. The summed E-state index contributed by atoms with van der Waals surface area (Å²) in [4.78, 5) is 12.9. The Morgan fingerprint density at radius 2 is 1.93 bits per heavy atom. The van der Waals surface area contributed by atoms with E-state index in [0.29, 0.717) is 0 Å². The van der Waals surface area contributed by atoms with Gasteiger partial charge in [-0.05, 0) is 25.3 Å². The van der Waals surface area contributed by atoms with Crippen molar-refractivity contribution in [3.63, 3.8) is 0 Å². The van der Waals surface area contributed by atoms with E-state index in [2.05, 4.69) is 11.7 Å². The number of thiol groups is 1. The molecule has 0 saturated heterocycles. The van der Waals surface area contributed by atoms with Gasteiger partial charge in [0, 0.05) is 10.5 Å². The zero-order valence-corrected chi connectivity index (χ0v) is 10.6. The highest BCUT2D eigenvalue weighted by Gasteiger charge is 2.13. The van der Waals surface area contributed by atoms with E-state index < -0.39 is 0 Å². The van der Waals surface area contributed by atoms with Crippen molar-refractivity contribution in [1.29, 1.82) is 0 Å². The summed E-state index contributed by atoms with van der Waals surface area (Å²) in [5, 5.41) is -0.0848. The first-order valence-electron chi connectivity index (χ1n) is 4.17. The Morgan fingerprint density at radius 1 is 1.36 bits per heavy atom. The smallest absolute Gasteiger partial charge is 0.176 e. The predicted octanol–water partition coefficient (Wildman–Crippen LogP) is 3.56. The Kier molecular flexibility index (Phi) is 4.92. The molecule has 0 heterocycles. The molecule has 0 aliphatic carbocycles. The maximum Gasteiger partial charge on any atom is 0.176 e. The summed E-state index contributed by atoms with van der Waals surface area (Å²) >= 11 is 5.71. The molecule has 0 aliphatic heterocycles. The molecular weight excluding hydrogens is 232 g/mol. The van der Waals surface area contributed by atoms with Gasteiger partial charge in [0.05, 0.1) is 5.25 Å². The third-order valence-corrected chi connectivity index (χ3v) is 4.12. The van der Waals surface area contributed by atoms with Gasteiger partial charge in [-0.2, -0.15) is 0 Å². The third-order valence-electron chi connectivity index (χ3n) is 1.90. The molecule has 1 aromatic rings. The van der Waals surface area contributed by atoms with Crippen LogP contribution in [0.1, 0.15) is 17.3 Å². The number of thioether (sulfide) groups is 1. The predicted molar refractivity (Wildman–Crippen MR) is 68.6 cm³/mol. The molecule has 1 unspecified atom stereocenters. The lowest BCUT2D eigenvalue weighted by Gasteiger charge is -2.06. The number of hydrogen-bond acceptors (Lipinski definition) is 4. The van der Waals surface area contributed by atoms with Crippen LogP contribution in [0.25, 0.3) is 0 Å². The highest BCUT2D eigenvalue weighted by Crippen LogP contribution is 2.21. The van der Waals surface area contributed by atoms with Crippen LogP contribution in [-0.2, 0) is 0 Å². The highest BCUT2D eigenvalue weighted by molar-refractivity contribution is 8.69. The van der Waals surface area contributed by atoms with Crippen molar-refractivity contribution in [2.45, 2.75) is 17.1 Å². The van der Waals surface area contributed by atoms with Gasteiger partial charge >= 0.3 is 0 Å². The molecule has 14 heavy (non-hydrogen) atoms. The molecule has 0 amide bonds. The summed E-state index contributed by atoms with van der Waals surface area (Å²) in [5.74, 6) is 0.137. The first kappa shape index (κ1) is 12.0. The van der Waals surface area contributed by atoms with Crippen LogP contribution in [0.4, 0.5) is 0 Å². The number of hydrogen-bond donors (Lipinski definition) is 1. The first-order valence-corrected chi connectivity index (χ1v) is 7.33. The molecule has 0 saturated carbocycles. The molecule has 0 aliphatic rings. The maximum absolute atomic E-state index is 11.7. The van der Waals surface area contributed by atoms with Crippen LogP contribution in [-0.4, -0.2) is 17.3 Å². The Labute approximate surface area is 97.9 Å². The molecule has 4 heteroatoms. The molecular formula is C10H12OS3. The summed E-state index contributed by atoms with van der Waals surface area (Å²) in [6.45, 7) is 1.86. The van der Waals surface area contributed by atoms with Crippen molar-refractivity contribution in [3.8, 4) is 0 Å². The number of carbonyl (C=O) groups is 1. The van der Waals surface area contributed by atoms with E-state index in [1.807, 2.05) is 37.4 Å². The number of ketones is 1. The van der Waals surface area contributed by atoms with Gasteiger partial charge < -0.3 is 0 Å². The fourth-order valence-electron chi connectivity index (χ4n) is 1.04. The van der Waals surface area contributed by atoms with Crippen molar-refractivity contribution < 1.29 is 4.79 Å². The van der Waals surface area contributed by atoms with Crippen LogP contribution in [0, 0.1) is 0 Å². The van der Waals surface area contributed by atoms with Gasteiger partial charge in [-0.3, -0.25) is 4.79 Å². The number of carbonyl (C=O) groups excluding carboxylic acids is 1. The summed E-state index contributed by atoms with van der Waals surface area (Å²) < 4.78 is 0. The quantitative estimate of drug-likeness (QED) is 0.378. The fraction of sp³-hybridized carbons (Fsp3) is 0.300. The van der Waals surface area contributed by atoms with Crippen molar-refractivity contribution in [2.75, 3.05) is 6.26 Å². The normalized spacial score (nSPS) is 12.5. The molecule has 1 atom stereocenters. The number of Topliss-reactive ketones (excluding diaryl/α,β-unsaturated/α-hetero) is 1. The minimum Gasteiger partial charge on any atom is -0.293 e. The largest absolute Gasteiger partial charge is 0.293 e. The molecule has 0 N–H and O–H groups in total. The van der Waals surface area contributed by atoms with E-state index in [1.165, 1.54) is 15.7 Å². The average molecular weight is 244 g/mol. The molecule has 76 valence electrons. The monoisotopic (exact) mass is 244 g/mol. The summed E-state index contributed by atoms with van der Waals surface area (Å²) in [6, 6.07) is 7.67. The summed E-state index contributed by atoms with van der Waals surface area (Å²) in [7, 11) is 1.28. The Bertz CT molecular complexity index is 308. The second kappa shape index (κ2) is 5.73. The molecule has 0 aromatic heterocycles. The van der Waals surface area contributed by atoms with E-state index in [1.54, 1.807) is 11.8 Å². The van der Waals surface area contributed by atoms with E-state index >= 15 is 0 Å². The van der Waals surface area contributed by atoms with E-state index in [4.69, 9.17) is 0 Å². The van der Waals surface area contributed by atoms with E-state index in [-0.39, 0.29) is 11.0 Å². The molecule has 1 rings (SSSR count). The summed E-state index contributed by atoms with van der Waals surface area (Å²) in [5.41, 5.74) is 0.761. The topological polar surface area (TPSA) is 17.1 Å². The van der Waals surface area contributed by atoms with E-state index in [9.17, 15) is 4.79 Å². The van der Waals surface area contributed by atoms with Crippen LogP contribution >= 0.6 is 34.2 Å². The van der Waals surface area contributed by atoms with Gasteiger partial charge in [0.15, 0.2) is 5.78 Å². The van der Waals surface area contributed by atoms with Crippen molar-refractivity contribution in [1.82, 2.24) is 0 Å². The summed E-state index contributed by atoms with van der Waals surface area (Å²) in [6.07, 6.45) is 2.02. The van der Waals surface area contributed by atoms with E-state index in [0.717, 1.165) is 5.56 Å². The molecule has 1 aromatic carbocycles. The maximum atomic E-state index is 11.7. The highest BCUT2D eigenvalue weighted by atomic mass is 33.1. The van der Waals surface area contributed by atoms with Gasteiger partial charge in [0.25, 0.3) is 0 Å². The Balaban J connectivity index is 2.81. The Morgan fingerprint density at radius 3 is 2.36 bits per heavy atom. The second-order valence-corrected chi connectivity index (χ2v) is 5.27. The van der Waals surface area contributed by atoms with Crippen LogP contribution < -0.4 is 0 Å². The lowest BCUT2D eigenvalue weighted by Crippen LogP contribution is -2.11. The van der Waals surface area contributed by atoms with Crippen LogP contribution in [0.2, 0.25) is 0 Å². The number of benzene rings is 1. The van der Waals surface area contributed by atoms with Gasteiger partial charge in [0.1, 0.15) is 0 Å². The zero-order chi connectivity index (χ0) is 10.6. The molecule has 0 fully saturated rings. The molecule has 0 radical (unpaired) electrons. The van der Waals surface area contributed by atoms with Crippen molar-refractivity contribution >= 4 is 40.0 Å². The molecule has 1 nitrogen and oxygen atoms in total. The lowest BCUT2D eigenvalue weighted by atomic mass is 10.1. The van der Waals surface area contributed by atoms with Gasteiger partial charge in [-0.15, -0.1) is 23.4 Å². The first-order chi connectivity index (χ1) is 6.69. The standard InChI is InChI=1S/C10H12OS3/c1-7(14-12)10(11)8-3-5-9(13-2)6-4-8/h3-7,12H,1-2H3. The minimum atomic E-state index is -0.0848. The van der Waals surface area contributed by atoms with Gasteiger partial charge in [-0.25, -0.2) is 0 Å². The minimum absolute atomic E-state index is 0.0848. The Hall–Kier alpha value is -0.0600. The zero-order valence-electron chi connectivity index (χ0n) is 8.06. The van der Waals surface area contributed by atoms with Gasteiger partial charge in [-0.1, -0.05) is 22.9 Å². The average Bonchev–Trinajstić information content (AvgIpc) is 2.27. The molecule has 0 spiro atoms. The fourth-order valence-corrected chi connectivity index (χ4v) is 1.97. The van der Waals surface area contributed by atoms with Crippen LogP contribution in [0.3, 0.4) is 0 Å². The van der Waals surface area contributed by atoms with Crippen molar-refractivity contribution in [3.05, 3.63) is 29.8 Å². The molecule has 0 bridgehead atoms. The van der Waals surface area contributed by atoms with Crippen LogP contribution in [0.5, 0.6) is 0 Å². The SMILES string of the molecule is CSc1ccc(C(=O)C(C)SS)cc1. The van der Waals surface area contributed by atoms with Gasteiger partial charge in [0.2, 0.25) is 0 Å². The van der Waals surface area contributed by atoms with Crippen molar-refractivity contribution in [2.24, 2.45) is 0 Å². The lowest BCUT2D eigenvalue weighted by molar-refractivity contribution is 0.0994. The second-order valence-electron chi connectivity index (χ2n) is 2.84.